The zero-order chi connectivity index (χ0) is 18.5. The zero-order valence-electron chi connectivity index (χ0n) is 15.1. The van der Waals surface area contributed by atoms with Crippen LogP contribution >= 0.6 is 11.6 Å². The van der Waals surface area contributed by atoms with Gasteiger partial charge in [0.1, 0.15) is 0 Å². The Morgan fingerprint density at radius 1 is 1.00 bits per heavy atom. The van der Waals surface area contributed by atoms with E-state index in [2.05, 4.69) is 10.2 Å². The van der Waals surface area contributed by atoms with Gasteiger partial charge in [-0.1, -0.05) is 54.1 Å². The molecular formula is C22H23ClN2O. The summed E-state index contributed by atoms with van der Waals surface area (Å²) < 4.78 is 0. The largest absolute Gasteiger partial charge is 0.345 e. The van der Waals surface area contributed by atoms with E-state index >= 15 is 0 Å². The lowest BCUT2D eigenvalue weighted by Crippen LogP contribution is -2.31. The van der Waals surface area contributed by atoms with E-state index in [0.29, 0.717) is 10.6 Å². The minimum Gasteiger partial charge on any atom is -0.345 e. The van der Waals surface area contributed by atoms with Gasteiger partial charge in [0.2, 0.25) is 0 Å². The molecule has 3 aromatic rings. The van der Waals surface area contributed by atoms with Gasteiger partial charge in [0.25, 0.3) is 5.91 Å². The molecule has 0 aromatic heterocycles. The fourth-order valence-electron chi connectivity index (χ4n) is 2.98. The summed E-state index contributed by atoms with van der Waals surface area (Å²) in [6.45, 7) is 0.880. The monoisotopic (exact) mass is 366 g/mol. The highest BCUT2D eigenvalue weighted by atomic mass is 35.5. The molecule has 0 saturated carbocycles. The van der Waals surface area contributed by atoms with Crippen LogP contribution in [0.3, 0.4) is 0 Å². The quantitative estimate of drug-likeness (QED) is 0.671. The van der Waals surface area contributed by atoms with Gasteiger partial charge >= 0.3 is 0 Å². The molecule has 3 aromatic carbocycles. The highest BCUT2D eigenvalue weighted by Crippen LogP contribution is 2.21. The predicted octanol–water partition coefficient (Wildman–Crippen LogP) is 4.92. The SMILES string of the molecule is CN(C)CC[C@H](NC(=O)c1ccc2ccccc2c1)c1ccc(Cl)cc1. The number of amides is 1. The number of fused-ring (bicyclic) bond motifs is 1. The zero-order valence-corrected chi connectivity index (χ0v) is 15.8. The van der Waals surface area contributed by atoms with Crippen LogP contribution in [-0.4, -0.2) is 31.4 Å². The summed E-state index contributed by atoms with van der Waals surface area (Å²) in [5, 5.41) is 6.07. The molecule has 134 valence electrons. The van der Waals surface area contributed by atoms with Crippen LogP contribution in [0, 0.1) is 0 Å². The van der Waals surface area contributed by atoms with Gasteiger partial charge in [-0.15, -0.1) is 0 Å². The van der Waals surface area contributed by atoms with Gasteiger partial charge in [-0.05, 0) is 67.7 Å². The number of hydrogen-bond acceptors (Lipinski definition) is 2. The fourth-order valence-corrected chi connectivity index (χ4v) is 3.10. The standard InChI is InChI=1S/C22H23ClN2O/c1-25(2)14-13-21(17-9-11-20(23)12-10-17)24-22(26)19-8-7-16-5-3-4-6-18(16)15-19/h3-12,15,21H,13-14H2,1-2H3,(H,24,26)/t21-/m0/s1. The first-order valence-electron chi connectivity index (χ1n) is 8.73. The maximum atomic E-state index is 12.8. The Morgan fingerprint density at radius 3 is 2.38 bits per heavy atom. The number of rotatable bonds is 6. The van der Waals surface area contributed by atoms with Gasteiger partial charge in [-0.25, -0.2) is 0 Å². The molecule has 3 nitrogen and oxygen atoms in total. The molecule has 26 heavy (non-hydrogen) atoms. The van der Waals surface area contributed by atoms with Crippen LogP contribution in [-0.2, 0) is 0 Å². The van der Waals surface area contributed by atoms with Crippen LogP contribution in [0.4, 0.5) is 0 Å². The van der Waals surface area contributed by atoms with E-state index in [9.17, 15) is 4.79 Å². The minimum absolute atomic E-state index is 0.0607. The Labute approximate surface area is 159 Å². The van der Waals surface area contributed by atoms with E-state index in [4.69, 9.17) is 11.6 Å². The normalized spacial score (nSPS) is 12.3. The summed E-state index contributed by atoms with van der Waals surface area (Å²) in [5.74, 6) is -0.0607. The molecule has 1 N–H and O–H groups in total. The van der Waals surface area contributed by atoms with Crippen LogP contribution in [0.1, 0.15) is 28.4 Å². The number of hydrogen-bond donors (Lipinski definition) is 1. The first-order chi connectivity index (χ1) is 12.5. The number of nitrogens with zero attached hydrogens (tertiary/aromatic N) is 1. The Balaban J connectivity index is 1.81. The molecule has 0 spiro atoms. The van der Waals surface area contributed by atoms with Crippen LogP contribution in [0.15, 0.2) is 66.7 Å². The lowest BCUT2D eigenvalue weighted by Gasteiger charge is -2.21. The molecule has 4 heteroatoms. The molecule has 1 atom stereocenters. The van der Waals surface area contributed by atoms with E-state index in [-0.39, 0.29) is 11.9 Å². The number of halogens is 1. The van der Waals surface area contributed by atoms with Gasteiger partial charge < -0.3 is 10.2 Å². The molecule has 0 bridgehead atoms. The smallest absolute Gasteiger partial charge is 0.251 e. The van der Waals surface area contributed by atoms with Crippen molar-refractivity contribution in [2.75, 3.05) is 20.6 Å². The third-order valence-electron chi connectivity index (χ3n) is 4.45. The summed E-state index contributed by atoms with van der Waals surface area (Å²) >= 11 is 6.01. The Kier molecular flexibility index (Phi) is 5.92. The van der Waals surface area contributed by atoms with Crippen LogP contribution in [0.5, 0.6) is 0 Å². The Morgan fingerprint density at radius 2 is 1.69 bits per heavy atom. The van der Waals surface area contributed by atoms with Crippen molar-refractivity contribution in [1.29, 1.82) is 0 Å². The molecule has 0 unspecified atom stereocenters. The molecule has 0 aliphatic heterocycles. The van der Waals surface area contributed by atoms with E-state index in [0.717, 1.165) is 29.3 Å². The van der Waals surface area contributed by atoms with Crippen molar-refractivity contribution in [2.45, 2.75) is 12.5 Å². The predicted molar refractivity (Wildman–Crippen MR) is 109 cm³/mol. The Hall–Kier alpha value is -2.36. The summed E-state index contributed by atoms with van der Waals surface area (Å²) in [6, 6.07) is 21.5. The van der Waals surface area contributed by atoms with Crippen molar-refractivity contribution in [3.63, 3.8) is 0 Å². The van der Waals surface area contributed by atoms with Gasteiger partial charge in [0.15, 0.2) is 0 Å². The van der Waals surface area contributed by atoms with Crippen LogP contribution < -0.4 is 5.32 Å². The molecule has 0 saturated heterocycles. The van der Waals surface area contributed by atoms with Crippen LogP contribution in [0.2, 0.25) is 5.02 Å². The third-order valence-corrected chi connectivity index (χ3v) is 4.71. The van der Waals surface area contributed by atoms with Gasteiger partial charge in [-0.2, -0.15) is 0 Å². The molecule has 0 radical (unpaired) electrons. The van der Waals surface area contributed by atoms with Crippen molar-refractivity contribution in [1.82, 2.24) is 10.2 Å². The highest BCUT2D eigenvalue weighted by Gasteiger charge is 2.16. The first kappa shape index (κ1) is 18.4. The number of carbonyl (C=O) groups excluding carboxylic acids is 1. The number of nitrogens with one attached hydrogen (secondary N) is 1. The van der Waals surface area contributed by atoms with Gasteiger partial charge in [0, 0.05) is 10.6 Å². The fraction of sp³-hybridized carbons (Fsp3) is 0.227. The van der Waals surface area contributed by atoms with E-state index < -0.39 is 0 Å². The van der Waals surface area contributed by atoms with Crippen LogP contribution in [0.25, 0.3) is 10.8 Å². The van der Waals surface area contributed by atoms with Crippen molar-refractivity contribution in [3.05, 3.63) is 82.9 Å². The number of benzene rings is 3. The van der Waals surface area contributed by atoms with Crippen molar-refractivity contribution in [2.24, 2.45) is 0 Å². The maximum absolute atomic E-state index is 12.8. The van der Waals surface area contributed by atoms with E-state index in [1.807, 2.05) is 80.8 Å². The van der Waals surface area contributed by atoms with Crippen molar-refractivity contribution < 1.29 is 4.79 Å². The molecule has 3 rings (SSSR count). The van der Waals surface area contributed by atoms with Gasteiger partial charge in [0.05, 0.1) is 6.04 Å². The second-order valence-electron chi connectivity index (χ2n) is 6.73. The lowest BCUT2D eigenvalue weighted by molar-refractivity contribution is 0.0933. The van der Waals surface area contributed by atoms with E-state index in [1.165, 1.54) is 0 Å². The third kappa shape index (κ3) is 4.63. The summed E-state index contributed by atoms with van der Waals surface area (Å²) in [5.41, 5.74) is 1.73. The molecular weight excluding hydrogens is 344 g/mol. The summed E-state index contributed by atoms with van der Waals surface area (Å²) in [6.07, 6.45) is 0.827. The van der Waals surface area contributed by atoms with Crippen molar-refractivity contribution >= 4 is 28.3 Å². The van der Waals surface area contributed by atoms with Gasteiger partial charge in [-0.3, -0.25) is 4.79 Å². The minimum atomic E-state index is -0.0614. The maximum Gasteiger partial charge on any atom is 0.251 e. The lowest BCUT2D eigenvalue weighted by atomic mass is 10.0. The topological polar surface area (TPSA) is 32.3 Å². The second kappa shape index (κ2) is 8.35. The molecule has 0 aliphatic carbocycles. The molecule has 1 amide bonds. The second-order valence-corrected chi connectivity index (χ2v) is 7.17. The first-order valence-corrected chi connectivity index (χ1v) is 9.10. The summed E-state index contributed by atoms with van der Waals surface area (Å²) in [7, 11) is 4.06. The van der Waals surface area contributed by atoms with E-state index in [1.54, 1.807) is 0 Å². The highest BCUT2D eigenvalue weighted by molar-refractivity contribution is 6.30. The average molecular weight is 367 g/mol. The van der Waals surface area contributed by atoms with Crippen molar-refractivity contribution in [3.8, 4) is 0 Å². The summed E-state index contributed by atoms with van der Waals surface area (Å²) in [4.78, 5) is 14.9. The average Bonchev–Trinajstić information content (AvgIpc) is 2.65. The number of carbonyl (C=O) groups is 1. The molecule has 0 fully saturated rings. The molecule has 0 aliphatic rings. The Bertz CT molecular complexity index is 890. The molecule has 0 heterocycles.